The van der Waals surface area contributed by atoms with Gasteiger partial charge in [-0.3, -0.25) is 14.6 Å². The van der Waals surface area contributed by atoms with Crippen LogP contribution in [0.25, 0.3) is 0 Å². The number of hydrogen-bond donors (Lipinski definition) is 0. The lowest BCUT2D eigenvalue weighted by Gasteiger charge is -2.36. The van der Waals surface area contributed by atoms with Crippen molar-refractivity contribution in [2.45, 2.75) is 31.6 Å². The summed E-state index contributed by atoms with van der Waals surface area (Å²) in [5, 5.41) is 0. The molecule has 3 atom stereocenters. The van der Waals surface area contributed by atoms with Crippen LogP contribution in [-0.2, 0) is 14.3 Å². The van der Waals surface area contributed by atoms with E-state index in [4.69, 9.17) is 23.9 Å². The number of ketones is 1. The van der Waals surface area contributed by atoms with Gasteiger partial charge in [-0.25, -0.2) is 0 Å². The molecule has 7 heteroatoms. The van der Waals surface area contributed by atoms with E-state index in [-0.39, 0.29) is 11.7 Å². The van der Waals surface area contributed by atoms with Gasteiger partial charge in [0.1, 0.15) is 11.7 Å². The number of carbonyl (C=O) groups excluding carboxylic acids is 2. The van der Waals surface area contributed by atoms with E-state index in [1.54, 1.807) is 27.4 Å². The molecule has 3 unspecified atom stereocenters. The summed E-state index contributed by atoms with van der Waals surface area (Å²) >= 11 is 0. The van der Waals surface area contributed by atoms with Gasteiger partial charge in [0.15, 0.2) is 17.3 Å². The summed E-state index contributed by atoms with van der Waals surface area (Å²) < 4.78 is 21.5. The average molecular weight is 464 g/mol. The van der Waals surface area contributed by atoms with E-state index in [2.05, 4.69) is 0 Å². The summed E-state index contributed by atoms with van der Waals surface area (Å²) in [7, 11) is 6.10. The molecule has 0 fully saturated rings. The summed E-state index contributed by atoms with van der Waals surface area (Å²) in [5.41, 5.74) is 3.66. The molecule has 178 valence electrons. The van der Waals surface area contributed by atoms with Crippen LogP contribution in [0, 0.1) is 5.92 Å². The first-order valence-corrected chi connectivity index (χ1v) is 11.2. The second-order valence-corrected chi connectivity index (χ2v) is 8.48. The molecule has 0 saturated heterocycles. The zero-order valence-electron chi connectivity index (χ0n) is 20.1. The standard InChI is InChI=1S/C27H29NO6/c1-15-24(27(30)34-5)25(16-10-11-22(32-3)23(14-16)33-4)26-19(28-15)12-17(13-20(26)29)18-8-6-7-9-21(18)31-2/h6-11,14,17,24-25H,12-13H2,1-5H3. The Kier molecular flexibility index (Phi) is 6.72. The Morgan fingerprint density at radius 1 is 0.912 bits per heavy atom. The van der Waals surface area contributed by atoms with Crippen LogP contribution in [0.4, 0.5) is 0 Å². The molecule has 2 aliphatic rings. The van der Waals surface area contributed by atoms with Crippen LogP contribution in [0.3, 0.4) is 0 Å². The van der Waals surface area contributed by atoms with Crippen LogP contribution in [0.5, 0.6) is 17.2 Å². The molecule has 0 saturated carbocycles. The van der Waals surface area contributed by atoms with Gasteiger partial charge in [0, 0.05) is 35.2 Å². The van der Waals surface area contributed by atoms with Gasteiger partial charge in [-0.05, 0) is 42.7 Å². The highest BCUT2D eigenvalue weighted by Crippen LogP contribution is 2.48. The first-order chi connectivity index (χ1) is 16.4. The maximum absolute atomic E-state index is 13.7. The zero-order valence-corrected chi connectivity index (χ0v) is 20.1. The van der Waals surface area contributed by atoms with Crippen LogP contribution in [0.1, 0.15) is 42.7 Å². The average Bonchev–Trinajstić information content (AvgIpc) is 2.86. The Bertz CT molecular complexity index is 1180. The molecule has 2 aromatic carbocycles. The molecule has 0 bridgehead atoms. The summed E-state index contributed by atoms with van der Waals surface area (Å²) in [6.45, 7) is 1.82. The monoisotopic (exact) mass is 463 g/mol. The quantitative estimate of drug-likeness (QED) is 0.588. The van der Waals surface area contributed by atoms with Gasteiger partial charge >= 0.3 is 5.97 Å². The fourth-order valence-corrected chi connectivity index (χ4v) is 5.12. The van der Waals surface area contributed by atoms with Gasteiger partial charge in [-0.15, -0.1) is 0 Å². The van der Waals surface area contributed by atoms with Crippen molar-refractivity contribution < 1.29 is 28.5 Å². The van der Waals surface area contributed by atoms with Crippen molar-refractivity contribution >= 4 is 17.5 Å². The van der Waals surface area contributed by atoms with Crippen molar-refractivity contribution in [3.05, 3.63) is 64.9 Å². The van der Waals surface area contributed by atoms with E-state index in [9.17, 15) is 9.59 Å². The second kappa shape index (κ2) is 9.71. The molecule has 1 heterocycles. The van der Waals surface area contributed by atoms with Crippen LogP contribution < -0.4 is 14.2 Å². The highest BCUT2D eigenvalue weighted by atomic mass is 16.5. The lowest BCUT2D eigenvalue weighted by molar-refractivity contribution is -0.143. The fraction of sp³-hybridized carbons (Fsp3) is 0.370. The largest absolute Gasteiger partial charge is 0.496 e. The SMILES string of the molecule is COC(=O)C1C(C)=NC2=C(C(=O)CC(c3ccccc3OC)C2)C1c1ccc(OC)c(OC)c1. The number of esters is 1. The van der Waals surface area contributed by atoms with Crippen molar-refractivity contribution in [2.24, 2.45) is 10.9 Å². The number of rotatable bonds is 6. The van der Waals surface area contributed by atoms with Gasteiger partial charge in [-0.2, -0.15) is 0 Å². The molecule has 0 spiro atoms. The third-order valence-electron chi connectivity index (χ3n) is 6.69. The smallest absolute Gasteiger partial charge is 0.315 e. The van der Waals surface area contributed by atoms with Crippen LogP contribution in [-0.4, -0.2) is 45.9 Å². The molecule has 0 amide bonds. The number of benzene rings is 2. The van der Waals surface area contributed by atoms with Crippen molar-refractivity contribution in [1.29, 1.82) is 0 Å². The van der Waals surface area contributed by atoms with Crippen LogP contribution in [0.2, 0.25) is 0 Å². The molecule has 1 aliphatic carbocycles. The Morgan fingerprint density at radius 3 is 2.29 bits per heavy atom. The number of nitrogens with zero attached hydrogens (tertiary/aromatic N) is 1. The van der Waals surface area contributed by atoms with E-state index < -0.39 is 17.8 Å². The predicted octanol–water partition coefficient (Wildman–Crippen LogP) is 4.46. The molecule has 0 aromatic heterocycles. The maximum Gasteiger partial charge on any atom is 0.315 e. The van der Waals surface area contributed by atoms with Crippen LogP contribution >= 0.6 is 0 Å². The lowest BCUT2D eigenvalue weighted by Crippen LogP contribution is -2.37. The minimum absolute atomic E-state index is 0.0258. The highest BCUT2D eigenvalue weighted by molar-refractivity contribution is 6.09. The van der Waals surface area contributed by atoms with Gasteiger partial charge < -0.3 is 18.9 Å². The third kappa shape index (κ3) is 4.06. The molecule has 34 heavy (non-hydrogen) atoms. The van der Waals surface area contributed by atoms with Gasteiger partial charge in [0.05, 0.1) is 28.4 Å². The normalized spacial score (nSPS) is 22.0. The molecule has 0 radical (unpaired) electrons. The molecule has 4 rings (SSSR count). The number of allylic oxidation sites excluding steroid dienone is 2. The zero-order chi connectivity index (χ0) is 24.4. The predicted molar refractivity (Wildman–Crippen MR) is 128 cm³/mol. The first kappa shape index (κ1) is 23.5. The summed E-state index contributed by atoms with van der Waals surface area (Å²) in [5.74, 6) is 0.127. The number of ether oxygens (including phenoxy) is 4. The Labute approximate surface area is 199 Å². The van der Waals surface area contributed by atoms with E-state index in [1.807, 2.05) is 43.3 Å². The summed E-state index contributed by atoms with van der Waals surface area (Å²) in [6.07, 6.45) is 0.891. The van der Waals surface area contributed by atoms with Crippen molar-refractivity contribution in [3.8, 4) is 17.2 Å². The number of aliphatic imine (C=N–C) groups is 1. The molecule has 7 nitrogen and oxygen atoms in total. The first-order valence-electron chi connectivity index (χ1n) is 11.2. The topological polar surface area (TPSA) is 83.4 Å². The van der Waals surface area contributed by atoms with E-state index >= 15 is 0 Å². The molecule has 0 N–H and O–H groups in total. The number of carbonyl (C=O) groups is 2. The van der Waals surface area contributed by atoms with Crippen molar-refractivity contribution in [1.82, 2.24) is 0 Å². The van der Waals surface area contributed by atoms with Crippen LogP contribution in [0.15, 0.2) is 58.7 Å². The Hall–Kier alpha value is -3.61. The lowest BCUT2D eigenvalue weighted by atomic mass is 9.69. The summed E-state index contributed by atoms with van der Waals surface area (Å²) in [4.78, 5) is 31.3. The molecule has 2 aromatic rings. The minimum atomic E-state index is -0.700. The summed E-state index contributed by atoms with van der Waals surface area (Å²) in [6, 6.07) is 13.2. The van der Waals surface area contributed by atoms with Gasteiger partial charge in [0.25, 0.3) is 0 Å². The fourth-order valence-electron chi connectivity index (χ4n) is 5.12. The number of para-hydroxylation sites is 1. The Balaban J connectivity index is 1.84. The van der Waals surface area contributed by atoms with Crippen molar-refractivity contribution in [2.75, 3.05) is 28.4 Å². The molecular formula is C27H29NO6. The highest BCUT2D eigenvalue weighted by Gasteiger charge is 2.45. The molecule has 1 aliphatic heterocycles. The minimum Gasteiger partial charge on any atom is -0.496 e. The van der Waals surface area contributed by atoms with Gasteiger partial charge in [-0.1, -0.05) is 24.3 Å². The van der Waals surface area contributed by atoms with Gasteiger partial charge in [0.2, 0.25) is 0 Å². The number of methoxy groups -OCH3 is 4. The van der Waals surface area contributed by atoms with E-state index in [1.165, 1.54) is 7.11 Å². The Morgan fingerprint density at radius 2 is 1.62 bits per heavy atom. The van der Waals surface area contributed by atoms with E-state index in [0.717, 1.165) is 16.9 Å². The molecular weight excluding hydrogens is 434 g/mol. The second-order valence-electron chi connectivity index (χ2n) is 8.48. The van der Waals surface area contributed by atoms with E-state index in [0.29, 0.717) is 41.3 Å². The maximum atomic E-state index is 13.7. The number of Topliss-reactive ketones (excluding diaryl/α,β-unsaturated/α-hetero) is 1. The van der Waals surface area contributed by atoms with Crippen molar-refractivity contribution in [3.63, 3.8) is 0 Å². The third-order valence-corrected chi connectivity index (χ3v) is 6.69. The number of hydrogen-bond acceptors (Lipinski definition) is 7.